The molecule has 1 aromatic carbocycles. The van der Waals surface area contributed by atoms with Gasteiger partial charge in [0.1, 0.15) is 11.9 Å². The lowest BCUT2D eigenvalue weighted by atomic mass is 10.1. The number of anilines is 2. The third-order valence-electron chi connectivity index (χ3n) is 6.77. The maximum atomic E-state index is 14.8. The summed E-state index contributed by atoms with van der Waals surface area (Å²) in [6.07, 6.45) is 2.91. The van der Waals surface area contributed by atoms with E-state index >= 15 is 0 Å². The van der Waals surface area contributed by atoms with Crippen molar-refractivity contribution in [2.75, 3.05) is 56.0 Å². The van der Waals surface area contributed by atoms with Gasteiger partial charge in [0.2, 0.25) is 17.7 Å². The van der Waals surface area contributed by atoms with Crippen LogP contribution in [-0.4, -0.2) is 85.4 Å². The number of piperidine rings is 2. The second-order valence-electron chi connectivity index (χ2n) is 9.11. The van der Waals surface area contributed by atoms with Crippen LogP contribution < -0.4 is 21.3 Å². The van der Waals surface area contributed by atoms with Crippen LogP contribution in [0.3, 0.4) is 0 Å². The summed E-state index contributed by atoms with van der Waals surface area (Å²) in [6.45, 7) is 5.13. The summed E-state index contributed by atoms with van der Waals surface area (Å²) in [5.41, 5.74) is 6.96. The molecule has 180 valence electrons. The molecule has 10 heteroatoms. The van der Waals surface area contributed by atoms with Crippen LogP contribution in [-0.2, 0) is 14.4 Å². The average Bonchev–Trinajstić information content (AvgIpc) is 2.80. The standard InChI is InChI=1S/C23H33FN6O3/c24-18-15-17(26-19-2-4-21(31)27-23(19)33)1-3-20(18)29-13-11-28(12-14-29)8-7-22(32)30-9-5-16(25)6-10-30/h1,3,15-16,19,26H,2,4-14,25H2,(H,27,31,33). The van der Waals surface area contributed by atoms with Crippen molar-refractivity contribution in [2.24, 2.45) is 5.73 Å². The number of halogens is 1. The molecule has 4 N–H and O–H groups in total. The Balaban J connectivity index is 1.23. The van der Waals surface area contributed by atoms with E-state index in [4.69, 9.17) is 5.73 Å². The minimum Gasteiger partial charge on any atom is -0.374 e. The second-order valence-corrected chi connectivity index (χ2v) is 9.11. The number of carbonyl (C=O) groups is 3. The van der Waals surface area contributed by atoms with Gasteiger partial charge < -0.3 is 20.9 Å². The monoisotopic (exact) mass is 460 g/mol. The number of carbonyl (C=O) groups excluding carboxylic acids is 3. The first-order chi connectivity index (χ1) is 15.9. The first-order valence-corrected chi connectivity index (χ1v) is 11.8. The highest BCUT2D eigenvalue weighted by atomic mass is 19.1. The summed E-state index contributed by atoms with van der Waals surface area (Å²) in [5.74, 6) is -0.817. The van der Waals surface area contributed by atoms with Crippen molar-refractivity contribution in [1.29, 1.82) is 0 Å². The number of hydrogen-bond acceptors (Lipinski definition) is 7. The lowest BCUT2D eigenvalue weighted by Gasteiger charge is -2.37. The second kappa shape index (κ2) is 10.5. The van der Waals surface area contributed by atoms with Crippen LogP contribution in [0.4, 0.5) is 15.8 Å². The first-order valence-electron chi connectivity index (χ1n) is 11.8. The highest BCUT2D eigenvalue weighted by Gasteiger charge is 2.27. The number of piperazine rings is 1. The third kappa shape index (κ3) is 6.00. The molecule has 3 heterocycles. The number of amides is 3. The van der Waals surface area contributed by atoms with Gasteiger partial charge in [-0.15, -0.1) is 0 Å². The van der Waals surface area contributed by atoms with E-state index in [1.165, 1.54) is 6.07 Å². The number of hydrogen-bond donors (Lipinski definition) is 3. The number of nitrogens with zero attached hydrogens (tertiary/aromatic N) is 3. The van der Waals surface area contributed by atoms with Gasteiger partial charge in [-0.1, -0.05) is 0 Å². The Hall–Kier alpha value is -2.72. The van der Waals surface area contributed by atoms with Crippen molar-refractivity contribution in [1.82, 2.24) is 15.1 Å². The Bertz CT molecular complexity index is 881. The zero-order chi connectivity index (χ0) is 23.4. The number of imide groups is 1. The molecule has 3 saturated heterocycles. The van der Waals surface area contributed by atoms with Crippen LogP contribution in [0.5, 0.6) is 0 Å². The molecule has 33 heavy (non-hydrogen) atoms. The molecule has 1 aromatic rings. The van der Waals surface area contributed by atoms with E-state index in [1.54, 1.807) is 12.1 Å². The van der Waals surface area contributed by atoms with Crippen molar-refractivity contribution in [3.63, 3.8) is 0 Å². The SMILES string of the molecule is NC1CCN(C(=O)CCN2CCN(c3ccc(NC4CCC(=O)NC4=O)cc3F)CC2)CC1. The van der Waals surface area contributed by atoms with Crippen molar-refractivity contribution < 1.29 is 18.8 Å². The Labute approximate surface area is 193 Å². The van der Waals surface area contributed by atoms with E-state index in [1.807, 2.05) is 9.80 Å². The average molecular weight is 461 g/mol. The number of likely N-dealkylation sites (tertiary alicyclic amines) is 1. The summed E-state index contributed by atoms with van der Waals surface area (Å²) in [4.78, 5) is 41.8. The molecule has 3 aliphatic rings. The number of benzene rings is 1. The molecule has 0 aromatic heterocycles. The minimum absolute atomic E-state index is 0.189. The molecule has 0 radical (unpaired) electrons. The normalized spacial score (nSPS) is 22.9. The smallest absolute Gasteiger partial charge is 0.249 e. The molecule has 0 saturated carbocycles. The van der Waals surface area contributed by atoms with Crippen LogP contribution in [0.15, 0.2) is 18.2 Å². The first kappa shape index (κ1) is 23.4. The van der Waals surface area contributed by atoms with Crippen molar-refractivity contribution >= 4 is 29.1 Å². The Morgan fingerprint density at radius 1 is 1.09 bits per heavy atom. The number of nitrogens with two attached hydrogens (primary N) is 1. The van der Waals surface area contributed by atoms with Gasteiger partial charge in [-0.2, -0.15) is 0 Å². The van der Waals surface area contributed by atoms with Gasteiger partial charge in [-0.05, 0) is 37.5 Å². The predicted molar refractivity (Wildman–Crippen MR) is 123 cm³/mol. The number of rotatable bonds is 6. The fraction of sp³-hybridized carbons (Fsp3) is 0.609. The molecular weight excluding hydrogens is 427 g/mol. The summed E-state index contributed by atoms with van der Waals surface area (Å²) in [7, 11) is 0. The fourth-order valence-electron chi connectivity index (χ4n) is 4.66. The molecule has 0 bridgehead atoms. The van der Waals surface area contributed by atoms with E-state index in [-0.39, 0.29) is 36.0 Å². The maximum absolute atomic E-state index is 14.8. The molecule has 3 aliphatic heterocycles. The zero-order valence-electron chi connectivity index (χ0n) is 18.9. The van der Waals surface area contributed by atoms with E-state index in [0.29, 0.717) is 43.9 Å². The van der Waals surface area contributed by atoms with Gasteiger partial charge in [0, 0.05) is 70.4 Å². The molecule has 1 unspecified atom stereocenters. The van der Waals surface area contributed by atoms with E-state index in [9.17, 15) is 18.8 Å². The Morgan fingerprint density at radius 3 is 2.48 bits per heavy atom. The largest absolute Gasteiger partial charge is 0.374 e. The third-order valence-corrected chi connectivity index (χ3v) is 6.77. The lowest BCUT2D eigenvalue weighted by Crippen LogP contribution is -2.48. The quantitative estimate of drug-likeness (QED) is 0.531. The summed E-state index contributed by atoms with van der Waals surface area (Å²) >= 11 is 0. The van der Waals surface area contributed by atoms with Crippen LogP contribution in [0.25, 0.3) is 0 Å². The highest BCUT2D eigenvalue weighted by molar-refractivity contribution is 6.01. The van der Waals surface area contributed by atoms with E-state index < -0.39 is 6.04 Å². The van der Waals surface area contributed by atoms with Gasteiger partial charge in [-0.3, -0.25) is 24.6 Å². The van der Waals surface area contributed by atoms with Gasteiger partial charge in [0.15, 0.2) is 0 Å². The molecule has 1 atom stereocenters. The van der Waals surface area contributed by atoms with Gasteiger partial charge >= 0.3 is 0 Å². The van der Waals surface area contributed by atoms with Crippen LogP contribution in [0.2, 0.25) is 0 Å². The summed E-state index contributed by atoms with van der Waals surface area (Å²) in [5, 5.41) is 5.31. The Morgan fingerprint density at radius 2 is 1.82 bits per heavy atom. The van der Waals surface area contributed by atoms with E-state index in [2.05, 4.69) is 15.5 Å². The topological polar surface area (TPSA) is 111 Å². The number of nitrogens with one attached hydrogen (secondary N) is 2. The zero-order valence-corrected chi connectivity index (χ0v) is 18.9. The van der Waals surface area contributed by atoms with Gasteiger partial charge in [0.05, 0.1) is 5.69 Å². The van der Waals surface area contributed by atoms with Crippen molar-refractivity contribution in [3.8, 4) is 0 Å². The molecule has 3 fully saturated rings. The molecule has 0 aliphatic carbocycles. The molecular formula is C23H33FN6O3. The molecule has 4 rings (SSSR count). The predicted octanol–water partition coefficient (Wildman–Crippen LogP) is 0.505. The van der Waals surface area contributed by atoms with Crippen molar-refractivity contribution in [3.05, 3.63) is 24.0 Å². The summed E-state index contributed by atoms with van der Waals surface area (Å²) in [6, 6.07) is 4.56. The van der Waals surface area contributed by atoms with Crippen LogP contribution in [0, 0.1) is 5.82 Å². The van der Waals surface area contributed by atoms with Crippen LogP contribution >= 0.6 is 0 Å². The molecule has 9 nitrogen and oxygen atoms in total. The maximum Gasteiger partial charge on any atom is 0.249 e. The summed E-state index contributed by atoms with van der Waals surface area (Å²) < 4.78 is 14.8. The lowest BCUT2D eigenvalue weighted by molar-refractivity contribution is -0.134. The van der Waals surface area contributed by atoms with Gasteiger partial charge in [0.25, 0.3) is 0 Å². The molecule has 3 amide bonds. The van der Waals surface area contributed by atoms with E-state index in [0.717, 1.165) is 39.0 Å². The van der Waals surface area contributed by atoms with Gasteiger partial charge in [-0.25, -0.2) is 4.39 Å². The Kier molecular flexibility index (Phi) is 7.44. The highest BCUT2D eigenvalue weighted by Crippen LogP contribution is 2.25. The van der Waals surface area contributed by atoms with Crippen molar-refractivity contribution in [2.45, 2.75) is 44.2 Å². The minimum atomic E-state index is -0.541. The van der Waals surface area contributed by atoms with Crippen LogP contribution in [0.1, 0.15) is 32.1 Å². The fourth-order valence-corrected chi connectivity index (χ4v) is 4.66. The molecule has 0 spiro atoms.